The molecule has 0 heterocycles. The van der Waals surface area contributed by atoms with Gasteiger partial charge >= 0.3 is 5.97 Å². The van der Waals surface area contributed by atoms with Crippen LogP contribution in [0.3, 0.4) is 0 Å². The zero-order valence-corrected chi connectivity index (χ0v) is 15.2. The zero-order valence-electron chi connectivity index (χ0n) is 14.4. The first-order chi connectivity index (χ1) is 12.9. The lowest BCUT2D eigenvalue weighted by atomic mass is 10.1. The Bertz CT molecular complexity index is 979. The van der Waals surface area contributed by atoms with Gasteiger partial charge in [-0.25, -0.2) is 17.9 Å². The summed E-state index contributed by atoms with van der Waals surface area (Å²) in [6.07, 6.45) is 0.272. The first-order valence-electron chi connectivity index (χ1n) is 7.82. The van der Waals surface area contributed by atoms with E-state index in [4.69, 9.17) is 10.00 Å². The molecular formula is C18H17N3O5S. The molecule has 0 bridgehead atoms. The van der Waals surface area contributed by atoms with E-state index in [0.29, 0.717) is 5.69 Å². The van der Waals surface area contributed by atoms with Gasteiger partial charge in [0.15, 0.2) is 6.61 Å². The van der Waals surface area contributed by atoms with Crippen molar-refractivity contribution >= 4 is 27.6 Å². The Hall–Kier alpha value is -3.22. The lowest BCUT2D eigenvalue weighted by molar-refractivity contribution is -0.119. The molecule has 0 atom stereocenters. The minimum atomic E-state index is -3.69. The van der Waals surface area contributed by atoms with E-state index in [-0.39, 0.29) is 16.9 Å². The zero-order chi connectivity index (χ0) is 19.9. The Kier molecular flexibility index (Phi) is 6.65. The Morgan fingerprint density at radius 1 is 1.15 bits per heavy atom. The molecule has 8 nitrogen and oxygen atoms in total. The van der Waals surface area contributed by atoms with Crippen molar-refractivity contribution in [1.82, 2.24) is 4.72 Å². The summed E-state index contributed by atoms with van der Waals surface area (Å²) in [5.74, 6) is -1.36. The fraction of sp³-hybridized carbons (Fsp3) is 0.167. The first kappa shape index (κ1) is 20.1. The number of hydrogen-bond donors (Lipinski definition) is 2. The van der Waals surface area contributed by atoms with Crippen LogP contribution in [0.2, 0.25) is 0 Å². The summed E-state index contributed by atoms with van der Waals surface area (Å²) >= 11 is 0. The minimum absolute atomic E-state index is 0.0139. The Balaban J connectivity index is 1.94. The van der Waals surface area contributed by atoms with Crippen LogP contribution in [0.5, 0.6) is 0 Å². The second kappa shape index (κ2) is 8.93. The Morgan fingerprint density at radius 2 is 1.85 bits per heavy atom. The van der Waals surface area contributed by atoms with E-state index in [9.17, 15) is 18.0 Å². The van der Waals surface area contributed by atoms with Crippen LogP contribution in [0.25, 0.3) is 0 Å². The van der Waals surface area contributed by atoms with Crippen LogP contribution in [-0.2, 0) is 26.0 Å². The van der Waals surface area contributed by atoms with Gasteiger partial charge in [0, 0.05) is 5.69 Å². The van der Waals surface area contributed by atoms with Crippen molar-refractivity contribution in [2.75, 3.05) is 19.0 Å². The monoisotopic (exact) mass is 387 g/mol. The number of amides is 1. The molecule has 0 aliphatic carbocycles. The van der Waals surface area contributed by atoms with Crippen molar-refractivity contribution in [3.63, 3.8) is 0 Å². The van der Waals surface area contributed by atoms with Crippen molar-refractivity contribution in [2.24, 2.45) is 0 Å². The number of hydrogen-bond acceptors (Lipinski definition) is 6. The van der Waals surface area contributed by atoms with Gasteiger partial charge in [0.1, 0.15) is 0 Å². The van der Waals surface area contributed by atoms with Crippen LogP contribution in [-0.4, -0.2) is 33.9 Å². The molecule has 0 unspecified atom stereocenters. The molecular weight excluding hydrogens is 370 g/mol. The van der Waals surface area contributed by atoms with Gasteiger partial charge in [-0.3, -0.25) is 4.79 Å². The number of carbonyl (C=O) groups is 2. The van der Waals surface area contributed by atoms with Crippen LogP contribution in [0.4, 0.5) is 5.69 Å². The second-order valence-corrected chi connectivity index (χ2v) is 7.28. The number of anilines is 1. The maximum Gasteiger partial charge on any atom is 0.338 e. The summed E-state index contributed by atoms with van der Waals surface area (Å²) < 4.78 is 30.6. The molecule has 140 valence electrons. The van der Waals surface area contributed by atoms with Gasteiger partial charge in [-0.05, 0) is 42.9 Å². The SMILES string of the molecule is CNS(=O)(=O)c1cccc(C(=O)OCC(=O)Nc2ccc(CC#N)cc2)c1. The van der Waals surface area contributed by atoms with Crippen LogP contribution < -0.4 is 10.0 Å². The maximum absolute atomic E-state index is 12.0. The molecule has 0 saturated heterocycles. The molecule has 2 aromatic carbocycles. The fourth-order valence-electron chi connectivity index (χ4n) is 2.12. The fourth-order valence-corrected chi connectivity index (χ4v) is 2.89. The van der Waals surface area contributed by atoms with E-state index in [1.165, 1.54) is 31.3 Å². The summed E-state index contributed by atoms with van der Waals surface area (Å²) in [5, 5.41) is 11.2. The summed E-state index contributed by atoms with van der Waals surface area (Å²) in [4.78, 5) is 23.8. The molecule has 2 N–H and O–H groups in total. The lowest BCUT2D eigenvalue weighted by Crippen LogP contribution is -2.21. The molecule has 0 fully saturated rings. The van der Waals surface area contributed by atoms with Crippen molar-refractivity contribution < 1.29 is 22.7 Å². The van der Waals surface area contributed by atoms with E-state index in [2.05, 4.69) is 10.0 Å². The molecule has 0 aliphatic rings. The molecule has 1 amide bonds. The van der Waals surface area contributed by atoms with Gasteiger partial charge in [0.25, 0.3) is 5.91 Å². The molecule has 2 rings (SSSR count). The molecule has 27 heavy (non-hydrogen) atoms. The first-order valence-corrected chi connectivity index (χ1v) is 9.30. The van der Waals surface area contributed by atoms with E-state index in [1.54, 1.807) is 24.3 Å². The Labute approximate surface area is 156 Å². The number of nitriles is 1. The maximum atomic E-state index is 12.0. The number of benzene rings is 2. The molecule has 0 aromatic heterocycles. The average Bonchev–Trinajstić information content (AvgIpc) is 2.68. The van der Waals surface area contributed by atoms with Crippen molar-refractivity contribution in [3.05, 3.63) is 59.7 Å². The summed E-state index contributed by atoms with van der Waals surface area (Å²) in [6.45, 7) is -0.526. The smallest absolute Gasteiger partial charge is 0.338 e. The number of nitrogens with one attached hydrogen (secondary N) is 2. The second-order valence-electron chi connectivity index (χ2n) is 5.39. The molecule has 0 radical (unpaired) electrons. The van der Waals surface area contributed by atoms with Crippen molar-refractivity contribution in [1.29, 1.82) is 5.26 Å². The highest BCUT2D eigenvalue weighted by atomic mass is 32.2. The highest BCUT2D eigenvalue weighted by Crippen LogP contribution is 2.13. The lowest BCUT2D eigenvalue weighted by Gasteiger charge is -2.08. The summed E-state index contributed by atoms with van der Waals surface area (Å²) in [7, 11) is -2.43. The minimum Gasteiger partial charge on any atom is -0.452 e. The van der Waals surface area contributed by atoms with Gasteiger partial charge in [-0.1, -0.05) is 18.2 Å². The number of carbonyl (C=O) groups excluding carboxylic acids is 2. The number of rotatable bonds is 7. The third kappa shape index (κ3) is 5.64. The van der Waals surface area contributed by atoms with E-state index in [0.717, 1.165) is 5.56 Å². The van der Waals surface area contributed by atoms with Gasteiger partial charge in [-0.15, -0.1) is 0 Å². The summed E-state index contributed by atoms with van der Waals surface area (Å²) in [5.41, 5.74) is 1.33. The molecule has 0 aliphatic heterocycles. The number of nitrogens with zero attached hydrogens (tertiary/aromatic N) is 1. The van der Waals surface area contributed by atoms with Crippen LogP contribution >= 0.6 is 0 Å². The third-order valence-corrected chi connectivity index (χ3v) is 4.92. The standard InChI is InChI=1S/C18H17N3O5S/c1-20-27(24,25)16-4-2-3-14(11-16)18(23)26-12-17(22)21-15-7-5-13(6-8-15)9-10-19/h2-8,11,20H,9,12H2,1H3,(H,21,22). The normalized spacial score (nSPS) is 10.7. The van der Waals surface area contributed by atoms with Crippen molar-refractivity contribution in [2.45, 2.75) is 11.3 Å². The van der Waals surface area contributed by atoms with E-state index >= 15 is 0 Å². The van der Waals surface area contributed by atoms with Crippen LogP contribution in [0, 0.1) is 11.3 Å². The van der Waals surface area contributed by atoms with Gasteiger partial charge in [-0.2, -0.15) is 5.26 Å². The number of esters is 1. The van der Waals surface area contributed by atoms with E-state index in [1.807, 2.05) is 6.07 Å². The van der Waals surface area contributed by atoms with Gasteiger partial charge in [0.2, 0.25) is 10.0 Å². The molecule has 0 saturated carbocycles. The predicted molar refractivity (Wildman–Crippen MR) is 97.4 cm³/mol. The highest BCUT2D eigenvalue weighted by Gasteiger charge is 2.16. The molecule has 9 heteroatoms. The van der Waals surface area contributed by atoms with Gasteiger partial charge < -0.3 is 10.1 Å². The quantitative estimate of drug-likeness (QED) is 0.693. The third-order valence-electron chi connectivity index (χ3n) is 3.50. The summed E-state index contributed by atoms with van der Waals surface area (Å²) in [6, 6.07) is 14.0. The van der Waals surface area contributed by atoms with Crippen LogP contribution in [0.15, 0.2) is 53.4 Å². The highest BCUT2D eigenvalue weighted by molar-refractivity contribution is 7.89. The molecule has 0 spiro atoms. The predicted octanol–water partition coefficient (Wildman–Crippen LogP) is 1.46. The van der Waals surface area contributed by atoms with E-state index < -0.39 is 28.5 Å². The van der Waals surface area contributed by atoms with Crippen LogP contribution in [0.1, 0.15) is 15.9 Å². The number of sulfonamides is 1. The number of ether oxygens (including phenoxy) is 1. The molecule has 2 aromatic rings. The Morgan fingerprint density at radius 3 is 2.48 bits per heavy atom. The largest absolute Gasteiger partial charge is 0.452 e. The van der Waals surface area contributed by atoms with Crippen molar-refractivity contribution in [3.8, 4) is 6.07 Å². The van der Waals surface area contributed by atoms with Gasteiger partial charge in [0.05, 0.1) is 22.9 Å². The average molecular weight is 387 g/mol. The topological polar surface area (TPSA) is 125 Å².